The van der Waals surface area contributed by atoms with Gasteiger partial charge in [0.2, 0.25) is 0 Å². The Hall–Kier alpha value is 0.290. The van der Waals surface area contributed by atoms with E-state index in [0.29, 0.717) is 0 Å². The molecule has 0 aliphatic carbocycles. The fraction of sp³-hybridized carbons (Fsp3) is 0.600. The first-order valence-electron chi connectivity index (χ1n) is 2.98. The first kappa shape index (κ1) is 15.7. The largest absolute Gasteiger partial charge is 1.00 e. The van der Waals surface area contributed by atoms with Crippen molar-refractivity contribution < 1.29 is 58.2 Å². The van der Waals surface area contributed by atoms with Gasteiger partial charge in [-0.1, -0.05) is 0 Å². The van der Waals surface area contributed by atoms with E-state index in [4.69, 9.17) is 4.89 Å². The molecule has 13 heavy (non-hydrogen) atoms. The van der Waals surface area contributed by atoms with E-state index in [1.165, 1.54) is 0 Å². The normalized spacial score (nSPS) is 16.2. The standard InChI is InChI=1S/C5H9O6P.Na/c1-11-5(7)4(2-3-6)12(8,9)10;/h3-4H,2H2,1H3,(H2,8,9,10);/q;+1/p-1. The summed E-state index contributed by atoms with van der Waals surface area (Å²) in [6, 6.07) is 0. The summed E-state index contributed by atoms with van der Waals surface area (Å²) in [4.78, 5) is 39.4. The van der Waals surface area contributed by atoms with Crippen LogP contribution in [0.2, 0.25) is 0 Å². The van der Waals surface area contributed by atoms with Crippen molar-refractivity contribution in [2.75, 3.05) is 7.11 Å². The van der Waals surface area contributed by atoms with Crippen molar-refractivity contribution in [3.05, 3.63) is 0 Å². The smallest absolute Gasteiger partial charge is 0.778 e. The number of methoxy groups -OCH3 is 1. The zero-order chi connectivity index (χ0) is 9.78. The van der Waals surface area contributed by atoms with Gasteiger partial charge in [0.05, 0.1) is 7.11 Å². The maximum Gasteiger partial charge on any atom is 1.00 e. The summed E-state index contributed by atoms with van der Waals surface area (Å²) in [7, 11) is -3.85. The minimum Gasteiger partial charge on any atom is -0.778 e. The number of aldehydes is 1. The second-order valence-corrected chi connectivity index (χ2v) is 3.76. The second kappa shape index (κ2) is 6.70. The molecule has 0 heterocycles. The first-order valence-corrected chi connectivity index (χ1v) is 4.63. The van der Waals surface area contributed by atoms with Gasteiger partial charge in [0, 0.05) is 6.42 Å². The molecule has 1 N–H and O–H groups in total. The van der Waals surface area contributed by atoms with Gasteiger partial charge in [-0.05, 0) is 0 Å². The number of ether oxygens (including phenoxy) is 1. The molecule has 0 saturated carbocycles. The SMILES string of the molecule is COC(=O)C(CC=O)P(=O)([O-])O.[Na+]. The molecule has 0 rings (SSSR count). The Bertz CT molecular complexity index is 223. The van der Waals surface area contributed by atoms with Crippen molar-refractivity contribution >= 4 is 19.9 Å². The summed E-state index contributed by atoms with van der Waals surface area (Å²) in [5, 5.41) is 0. The summed E-state index contributed by atoms with van der Waals surface area (Å²) in [5.74, 6) is -1.14. The molecule has 0 saturated heterocycles. The van der Waals surface area contributed by atoms with Crippen molar-refractivity contribution in [2.24, 2.45) is 0 Å². The van der Waals surface area contributed by atoms with E-state index >= 15 is 0 Å². The molecule has 0 aromatic rings. The predicted molar refractivity (Wildman–Crippen MR) is 36.3 cm³/mol. The third-order valence-corrected chi connectivity index (χ3v) is 2.40. The van der Waals surface area contributed by atoms with Gasteiger partial charge in [-0.3, -0.25) is 4.79 Å². The van der Waals surface area contributed by atoms with Crippen LogP contribution in [0.25, 0.3) is 0 Å². The molecule has 2 atom stereocenters. The average molecular weight is 218 g/mol. The van der Waals surface area contributed by atoms with Crippen LogP contribution in [-0.2, 0) is 18.9 Å². The van der Waals surface area contributed by atoms with Gasteiger partial charge in [0.15, 0.2) is 0 Å². The van der Waals surface area contributed by atoms with E-state index in [1.807, 2.05) is 0 Å². The van der Waals surface area contributed by atoms with Crippen LogP contribution in [0.5, 0.6) is 0 Å². The van der Waals surface area contributed by atoms with Gasteiger partial charge in [0.25, 0.3) is 0 Å². The van der Waals surface area contributed by atoms with Gasteiger partial charge >= 0.3 is 35.5 Å². The zero-order valence-electron chi connectivity index (χ0n) is 7.30. The molecule has 0 spiro atoms. The summed E-state index contributed by atoms with van der Waals surface area (Å²) in [5.41, 5.74) is -1.78. The van der Waals surface area contributed by atoms with Crippen molar-refractivity contribution in [3.8, 4) is 0 Å². The van der Waals surface area contributed by atoms with Crippen LogP contribution in [0.4, 0.5) is 0 Å². The van der Waals surface area contributed by atoms with E-state index in [1.54, 1.807) is 0 Å². The molecule has 0 aliphatic rings. The van der Waals surface area contributed by atoms with E-state index in [0.717, 1.165) is 7.11 Å². The molecule has 70 valence electrons. The summed E-state index contributed by atoms with van der Waals surface area (Å²) >= 11 is 0. The minimum atomic E-state index is -4.82. The van der Waals surface area contributed by atoms with Crippen LogP contribution < -0.4 is 34.5 Å². The molecule has 0 amide bonds. The zero-order valence-corrected chi connectivity index (χ0v) is 10.2. The molecular weight excluding hydrogens is 210 g/mol. The van der Waals surface area contributed by atoms with Crippen LogP contribution in [0.1, 0.15) is 6.42 Å². The first-order chi connectivity index (χ1) is 5.43. The topological polar surface area (TPSA) is 104 Å². The number of hydrogen-bond donors (Lipinski definition) is 1. The maximum atomic E-state index is 10.6. The van der Waals surface area contributed by atoms with Gasteiger partial charge in [0.1, 0.15) is 19.5 Å². The third kappa shape index (κ3) is 5.57. The van der Waals surface area contributed by atoms with Crippen molar-refractivity contribution in [1.82, 2.24) is 0 Å². The molecule has 0 fully saturated rings. The summed E-state index contributed by atoms with van der Waals surface area (Å²) in [6.45, 7) is 0. The van der Waals surface area contributed by atoms with E-state index in [2.05, 4.69) is 4.74 Å². The van der Waals surface area contributed by atoms with Crippen LogP contribution >= 0.6 is 7.60 Å². The van der Waals surface area contributed by atoms with E-state index < -0.39 is 25.6 Å². The number of esters is 1. The van der Waals surface area contributed by atoms with E-state index in [-0.39, 0.29) is 35.8 Å². The molecule has 6 nitrogen and oxygen atoms in total. The van der Waals surface area contributed by atoms with Crippen LogP contribution in [0.3, 0.4) is 0 Å². The van der Waals surface area contributed by atoms with Crippen molar-refractivity contribution in [1.29, 1.82) is 0 Å². The molecular formula is C5H8NaO6P. The fourth-order valence-electron chi connectivity index (χ4n) is 0.590. The number of carbonyl (C=O) groups is 2. The van der Waals surface area contributed by atoms with Crippen molar-refractivity contribution in [2.45, 2.75) is 12.1 Å². The number of hydrogen-bond acceptors (Lipinski definition) is 5. The molecule has 0 bridgehead atoms. The molecule has 2 unspecified atom stereocenters. The molecule has 0 aliphatic heterocycles. The Morgan fingerprint density at radius 2 is 2.23 bits per heavy atom. The Kier molecular flexibility index (Phi) is 8.12. The molecule has 8 heteroatoms. The van der Waals surface area contributed by atoms with Gasteiger partial charge in [-0.15, -0.1) is 0 Å². The van der Waals surface area contributed by atoms with Crippen molar-refractivity contribution in [3.63, 3.8) is 0 Å². The van der Waals surface area contributed by atoms with E-state index in [9.17, 15) is 19.0 Å². The average Bonchev–Trinajstić information content (AvgIpc) is 1.96. The van der Waals surface area contributed by atoms with Gasteiger partial charge in [-0.25, -0.2) is 0 Å². The maximum absolute atomic E-state index is 10.6. The number of carbonyl (C=O) groups excluding carboxylic acids is 2. The monoisotopic (exact) mass is 218 g/mol. The predicted octanol–water partition coefficient (Wildman–Crippen LogP) is -4.33. The molecule has 0 aromatic heterocycles. The van der Waals surface area contributed by atoms with Crippen LogP contribution in [0, 0.1) is 0 Å². The molecule has 0 radical (unpaired) electrons. The third-order valence-electron chi connectivity index (χ3n) is 1.19. The second-order valence-electron chi connectivity index (χ2n) is 2.01. The quantitative estimate of drug-likeness (QED) is 0.221. The van der Waals surface area contributed by atoms with Crippen LogP contribution in [-0.4, -0.2) is 29.9 Å². The Morgan fingerprint density at radius 3 is 2.46 bits per heavy atom. The Balaban J connectivity index is 0. The van der Waals surface area contributed by atoms with Gasteiger partial charge in [-0.2, -0.15) is 0 Å². The molecule has 0 aromatic carbocycles. The summed E-state index contributed by atoms with van der Waals surface area (Å²) < 4.78 is 14.5. The Labute approximate surface area is 97.1 Å². The summed E-state index contributed by atoms with van der Waals surface area (Å²) in [6.07, 6.45) is -0.369. The number of rotatable bonds is 4. The Morgan fingerprint density at radius 1 is 1.77 bits per heavy atom. The van der Waals surface area contributed by atoms with Gasteiger partial charge < -0.3 is 23.9 Å². The minimum absolute atomic E-state index is 0. The van der Waals surface area contributed by atoms with Crippen LogP contribution in [0.15, 0.2) is 0 Å². The fourth-order valence-corrected chi connectivity index (χ4v) is 1.31.